The van der Waals surface area contributed by atoms with Crippen LogP contribution < -0.4 is 20.1 Å². The molecule has 25 heavy (non-hydrogen) atoms. The smallest absolute Gasteiger partial charge is 0.262 e. The van der Waals surface area contributed by atoms with Crippen LogP contribution in [0.3, 0.4) is 0 Å². The third kappa shape index (κ3) is 6.12. The van der Waals surface area contributed by atoms with Crippen LogP contribution in [0, 0.1) is 6.92 Å². The molecule has 0 heterocycles. The third-order valence-corrected chi connectivity index (χ3v) is 3.58. The topological polar surface area (TPSA) is 59.6 Å². The molecule has 2 rings (SSSR count). The van der Waals surface area contributed by atoms with Gasteiger partial charge >= 0.3 is 0 Å². The van der Waals surface area contributed by atoms with Gasteiger partial charge in [-0.15, -0.1) is 0 Å². The van der Waals surface area contributed by atoms with Crippen LogP contribution in [0.2, 0.25) is 0 Å². The summed E-state index contributed by atoms with van der Waals surface area (Å²) in [6.45, 7) is 8.13. The summed E-state index contributed by atoms with van der Waals surface area (Å²) < 4.78 is 11.3. The fraction of sp³-hybridized carbons (Fsp3) is 0.350. The van der Waals surface area contributed by atoms with Gasteiger partial charge in [-0.1, -0.05) is 30.7 Å². The Bertz CT molecular complexity index is 684. The van der Waals surface area contributed by atoms with Crippen molar-refractivity contribution in [2.45, 2.75) is 27.3 Å². The van der Waals surface area contributed by atoms with Gasteiger partial charge in [0.1, 0.15) is 0 Å². The first-order valence-electron chi connectivity index (χ1n) is 8.58. The Labute approximate surface area is 149 Å². The molecule has 2 aromatic carbocycles. The van der Waals surface area contributed by atoms with Crippen molar-refractivity contribution in [2.75, 3.05) is 25.1 Å². The Morgan fingerprint density at radius 3 is 2.44 bits per heavy atom. The molecule has 0 atom stereocenters. The highest BCUT2D eigenvalue weighted by atomic mass is 16.5. The van der Waals surface area contributed by atoms with Crippen molar-refractivity contribution < 1.29 is 14.3 Å². The van der Waals surface area contributed by atoms with Gasteiger partial charge in [0.2, 0.25) is 0 Å². The molecule has 0 unspecified atom stereocenters. The molecule has 2 aromatic rings. The van der Waals surface area contributed by atoms with Crippen molar-refractivity contribution in [3.8, 4) is 11.5 Å². The molecule has 0 saturated heterocycles. The number of ether oxygens (including phenoxy) is 2. The van der Waals surface area contributed by atoms with Gasteiger partial charge in [-0.05, 0) is 50.2 Å². The average molecular weight is 342 g/mol. The maximum absolute atomic E-state index is 12.1. The van der Waals surface area contributed by atoms with Gasteiger partial charge in [-0.2, -0.15) is 0 Å². The fourth-order valence-electron chi connectivity index (χ4n) is 2.30. The normalized spacial score (nSPS) is 10.4. The number of aryl methyl sites for hydroxylation is 1. The van der Waals surface area contributed by atoms with Gasteiger partial charge in [0, 0.05) is 12.2 Å². The number of rotatable bonds is 9. The van der Waals surface area contributed by atoms with Gasteiger partial charge in [-0.25, -0.2) is 0 Å². The maximum Gasteiger partial charge on any atom is 0.262 e. The highest BCUT2D eigenvalue weighted by Gasteiger charge is 2.09. The van der Waals surface area contributed by atoms with Crippen LogP contribution in [-0.2, 0) is 11.3 Å². The molecule has 0 aliphatic carbocycles. The second kappa shape index (κ2) is 9.69. The first-order valence-corrected chi connectivity index (χ1v) is 8.58. The SMILES string of the molecule is CCNCc1ccc(OCC(=O)Nc2ccc(C)cc2)c(OCC)c1. The molecule has 0 aliphatic rings. The average Bonchev–Trinajstić information content (AvgIpc) is 2.61. The van der Waals surface area contributed by atoms with Crippen molar-refractivity contribution in [1.82, 2.24) is 5.32 Å². The Kier molecular flexibility index (Phi) is 7.29. The molecule has 134 valence electrons. The molecule has 0 radical (unpaired) electrons. The molecule has 1 amide bonds. The van der Waals surface area contributed by atoms with E-state index in [-0.39, 0.29) is 12.5 Å². The van der Waals surface area contributed by atoms with E-state index in [2.05, 4.69) is 17.6 Å². The number of carbonyl (C=O) groups excluding carboxylic acids is 1. The van der Waals surface area contributed by atoms with Crippen molar-refractivity contribution in [2.24, 2.45) is 0 Å². The fourth-order valence-corrected chi connectivity index (χ4v) is 2.30. The van der Waals surface area contributed by atoms with E-state index in [1.54, 1.807) is 0 Å². The molecule has 5 nitrogen and oxygen atoms in total. The molecule has 0 aliphatic heterocycles. The lowest BCUT2D eigenvalue weighted by Crippen LogP contribution is -2.20. The number of benzene rings is 2. The Balaban J connectivity index is 1.96. The monoisotopic (exact) mass is 342 g/mol. The molecular weight excluding hydrogens is 316 g/mol. The lowest BCUT2D eigenvalue weighted by Gasteiger charge is -2.13. The number of anilines is 1. The van der Waals surface area contributed by atoms with E-state index in [0.717, 1.165) is 29.9 Å². The summed E-state index contributed by atoms with van der Waals surface area (Å²) in [7, 11) is 0. The zero-order chi connectivity index (χ0) is 18.1. The van der Waals surface area contributed by atoms with Gasteiger partial charge in [0.25, 0.3) is 5.91 Å². The molecule has 0 aromatic heterocycles. The first kappa shape index (κ1) is 18.8. The summed E-state index contributed by atoms with van der Waals surface area (Å²) in [5, 5.41) is 6.09. The lowest BCUT2D eigenvalue weighted by molar-refractivity contribution is -0.118. The zero-order valence-electron chi connectivity index (χ0n) is 15.1. The van der Waals surface area contributed by atoms with Crippen molar-refractivity contribution in [1.29, 1.82) is 0 Å². The second-order valence-electron chi connectivity index (χ2n) is 5.70. The predicted octanol–water partition coefficient (Wildman–Crippen LogP) is 3.52. The van der Waals surface area contributed by atoms with E-state index in [1.807, 2.05) is 56.3 Å². The van der Waals surface area contributed by atoms with Crippen molar-refractivity contribution in [3.05, 3.63) is 53.6 Å². The number of hydrogen-bond acceptors (Lipinski definition) is 4. The van der Waals surface area contributed by atoms with Crippen LogP contribution in [0.25, 0.3) is 0 Å². The largest absolute Gasteiger partial charge is 0.490 e. The predicted molar refractivity (Wildman–Crippen MR) is 100 cm³/mol. The summed E-state index contributed by atoms with van der Waals surface area (Å²) in [6, 6.07) is 13.4. The van der Waals surface area contributed by atoms with Gasteiger partial charge in [-0.3, -0.25) is 4.79 Å². The van der Waals surface area contributed by atoms with Crippen LogP contribution >= 0.6 is 0 Å². The summed E-state index contributed by atoms with van der Waals surface area (Å²) in [5.74, 6) is 1.02. The molecule has 0 fully saturated rings. The van der Waals surface area contributed by atoms with Crippen LogP contribution in [0.4, 0.5) is 5.69 Å². The standard InChI is InChI=1S/C20H26N2O3/c1-4-21-13-16-8-11-18(19(12-16)24-5-2)25-14-20(23)22-17-9-6-15(3)7-10-17/h6-12,21H,4-5,13-14H2,1-3H3,(H,22,23). The second-order valence-corrected chi connectivity index (χ2v) is 5.70. The van der Waals surface area contributed by atoms with Gasteiger partial charge < -0.3 is 20.1 Å². The molecule has 0 saturated carbocycles. The molecule has 5 heteroatoms. The minimum absolute atomic E-state index is 0.0689. The van der Waals surface area contributed by atoms with Crippen molar-refractivity contribution in [3.63, 3.8) is 0 Å². The minimum Gasteiger partial charge on any atom is -0.490 e. The van der Waals surface area contributed by atoms with E-state index >= 15 is 0 Å². The summed E-state index contributed by atoms with van der Waals surface area (Å²) in [4.78, 5) is 12.1. The molecule has 2 N–H and O–H groups in total. The quantitative estimate of drug-likeness (QED) is 0.732. The van der Waals surface area contributed by atoms with Crippen molar-refractivity contribution >= 4 is 11.6 Å². The highest BCUT2D eigenvalue weighted by Crippen LogP contribution is 2.28. The number of carbonyl (C=O) groups is 1. The third-order valence-electron chi connectivity index (χ3n) is 3.58. The van der Waals surface area contributed by atoms with Gasteiger partial charge in [0.05, 0.1) is 6.61 Å². The van der Waals surface area contributed by atoms with E-state index < -0.39 is 0 Å². The van der Waals surface area contributed by atoms with E-state index in [9.17, 15) is 4.79 Å². The maximum atomic E-state index is 12.1. The number of amides is 1. The van der Waals surface area contributed by atoms with Gasteiger partial charge in [0.15, 0.2) is 18.1 Å². The first-order chi connectivity index (χ1) is 12.1. The zero-order valence-corrected chi connectivity index (χ0v) is 15.1. The Morgan fingerprint density at radius 1 is 1.00 bits per heavy atom. The van der Waals surface area contributed by atoms with Crippen LogP contribution in [0.1, 0.15) is 25.0 Å². The minimum atomic E-state index is -0.206. The summed E-state index contributed by atoms with van der Waals surface area (Å²) in [5.41, 5.74) is 3.01. The molecular formula is C20H26N2O3. The van der Waals surface area contributed by atoms with Crippen LogP contribution in [-0.4, -0.2) is 25.7 Å². The Hall–Kier alpha value is -2.53. The van der Waals surface area contributed by atoms with E-state index in [0.29, 0.717) is 18.1 Å². The van der Waals surface area contributed by atoms with Crippen LogP contribution in [0.5, 0.6) is 11.5 Å². The lowest BCUT2D eigenvalue weighted by atomic mass is 10.2. The van der Waals surface area contributed by atoms with E-state index in [4.69, 9.17) is 9.47 Å². The highest BCUT2D eigenvalue weighted by molar-refractivity contribution is 5.91. The van der Waals surface area contributed by atoms with E-state index in [1.165, 1.54) is 0 Å². The molecule has 0 bridgehead atoms. The van der Waals surface area contributed by atoms with Crippen LogP contribution in [0.15, 0.2) is 42.5 Å². The number of nitrogens with one attached hydrogen (secondary N) is 2. The Morgan fingerprint density at radius 2 is 1.76 bits per heavy atom. The summed E-state index contributed by atoms with van der Waals surface area (Å²) in [6.07, 6.45) is 0. The number of hydrogen-bond donors (Lipinski definition) is 2. The molecule has 0 spiro atoms. The summed E-state index contributed by atoms with van der Waals surface area (Å²) >= 11 is 0.